The predicted molar refractivity (Wildman–Crippen MR) is 65.6 cm³/mol. The summed E-state index contributed by atoms with van der Waals surface area (Å²) >= 11 is 0. The lowest BCUT2D eigenvalue weighted by Gasteiger charge is -2.09. The molecule has 0 aromatic carbocycles. The molecule has 0 saturated carbocycles. The Kier molecular flexibility index (Phi) is 3.42. The number of hydrogen-bond donors (Lipinski definition) is 1. The van der Waals surface area contributed by atoms with E-state index in [4.69, 9.17) is 5.73 Å². The Balaban J connectivity index is 2.41. The van der Waals surface area contributed by atoms with Crippen molar-refractivity contribution in [1.82, 2.24) is 19.3 Å². The quantitative estimate of drug-likeness (QED) is 0.931. The first-order chi connectivity index (χ1) is 8.83. The summed E-state index contributed by atoms with van der Waals surface area (Å²) in [7, 11) is 1.69. The number of anilines is 1. The van der Waals surface area contributed by atoms with Crippen molar-refractivity contribution < 1.29 is 13.2 Å². The zero-order chi connectivity index (χ0) is 14.2. The van der Waals surface area contributed by atoms with Gasteiger partial charge in [-0.3, -0.25) is 9.25 Å². The van der Waals surface area contributed by atoms with Gasteiger partial charge >= 0.3 is 6.18 Å². The lowest BCUT2D eigenvalue weighted by molar-refractivity contribution is -0.136. The highest BCUT2D eigenvalue weighted by Gasteiger charge is 2.28. The van der Waals surface area contributed by atoms with Crippen LogP contribution in [-0.2, 0) is 20.0 Å². The largest absolute Gasteiger partial charge is 0.390 e. The van der Waals surface area contributed by atoms with Crippen molar-refractivity contribution in [3.63, 3.8) is 0 Å². The highest BCUT2D eigenvalue weighted by atomic mass is 19.4. The molecule has 0 saturated heterocycles. The average Bonchev–Trinajstić information content (AvgIpc) is 2.75. The van der Waals surface area contributed by atoms with Crippen LogP contribution in [0.15, 0.2) is 0 Å². The predicted octanol–water partition coefficient (Wildman–Crippen LogP) is 2.26. The van der Waals surface area contributed by atoms with Gasteiger partial charge in [0.25, 0.3) is 0 Å². The maximum Gasteiger partial charge on any atom is 0.390 e. The number of imidazole rings is 1. The van der Waals surface area contributed by atoms with Gasteiger partial charge in [-0.2, -0.15) is 18.3 Å². The molecule has 19 heavy (non-hydrogen) atoms. The first-order valence-electron chi connectivity index (χ1n) is 6.07. The Hall–Kier alpha value is -1.73. The summed E-state index contributed by atoms with van der Waals surface area (Å²) in [6, 6.07) is 0. The van der Waals surface area contributed by atoms with Crippen molar-refractivity contribution in [1.29, 1.82) is 0 Å². The van der Waals surface area contributed by atoms with Gasteiger partial charge in [0.05, 0.1) is 12.1 Å². The van der Waals surface area contributed by atoms with Crippen LogP contribution in [0.1, 0.15) is 25.5 Å². The number of hydrogen-bond acceptors (Lipinski definition) is 3. The van der Waals surface area contributed by atoms with Crippen LogP contribution in [0.5, 0.6) is 0 Å². The standard InChI is InChI=1S/C11H16F3N5/c1-3-4-7-8-9(18(2)17-7)19(10(15)16-8)6-5-11(12,13)14/h3-6H2,1-2H3,(H2,15,16). The number of rotatable bonds is 4. The Morgan fingerprint density at radius 1 is 1.32 bits per heavy atom. The minimum absolute atomic E-state index is 0.101. The number of halogens is 3. The van der Waals surface area contributed by atoms with E-state index < -0.39 is 12.6 Å². The number of nitrogens with two attached hydrogens (primary N) is 1. The van der Waals surface area contributed by atoms with Gasteiger partial charge < -0.3 is 5.73 Å². The first-order valence-corrected chi connectivity index (χ1v) is 6.07. The van der Waals surface area contributed by atoms with E-state index in [1.54, 1.807) is 11.7 Å². The van der Waals surface area contributed by atoms with Crippen LogP contribution in [-0.4, -0.2) is 25.5 Å². The van der Waals surface area contributed by atoms with Crippen molar-refractivity contribution in [2.24, 2.45) is 7.05 Å². The fourth-order valence-electron chi connectivity index (χ4n) is 2.12. The van der Waals surface area contributed by atoms with Gasteiger partial charge in [0.15, 0.2) is 5.65 Å². The van der Waals surface area contributed by atoms with Crippen LogP contribution in [0.2, 0.25) is 0 Å². The fourth-order valence-corrected chi connectivity index (χ4v) is 2.12. The highest BCUT2D eigenvalue weighted by molar-refractivity contribution is 5.77. The molecule has 8 heteroatoms. The van der Waals surface area contributed by atoms with Crippen molar-refractivity contribution in [2.45, 2.75) is 38.9 Å². The first kappa shape index (κ1) is 13.7. The molecule has 0 bridgehead atoms. The minimum atomic E-state index is -4.21. The number of aromatic nitrogens is 4. The van der Waals surface area contributed by atoms with Crippen LogP contribution in [0.4, 0.5) is 19.1 Å². The van der Waals surface area contributed by atoms with Crippen molar-refractivity contribution in [3.8, 4) is 0 Å². The molecule has 2 N–H and O–H groups in total. The second-order valence-corrected chi connectivity index (χ2v) is 4.48. The molecule has 0 atom stereocenters. The molecule has 106 valence electrons. The van der Waals surface area contributed by atoms with Gasteiger partial charge in [-0.25, -0.2) is 4.98 Å². The monoisotopic (exact) mass is 275 g/mol. The Labute approximate surface area is 108 Å². The molecular weight excluding hydrogens is 259 g/mol. The number of nitrogens with zero attached hydrogens (tertiary/aromatic N) is 4. The SMILES string of the molecule is CCCc1nn(C)c2c1nc(N)n2CCC(F)(F)F. The topological polar surface area (TPSA) is 61.7 Å². The molecule has 0 aliphatic carbocycles. The van der Waals surface area contributed by atoms with Gasteiger partial charge in [-0.05, 0) is 6.42 Å². The van der Waals surface area contributed by atoms with E-state index in [9.17, 15) is 13.2 Å². The summed E-state index contributed by atoms with van der Waals surface area (Å²) in [5.74, 6) is 0.101. The highest BCUT2D eigenvalue weighted by Crippen LogP contribution is 2.25. The second-order valence-electron chi connectivity index (χ2n) is 4.48. The minimum Gasteiger partial charge on any atom is -0.369 e. The molecule has 0 unspecified atom stereocenters. The molecule has 0 spiro atoms. The van der Waals surface area contributed by atoms with Gasteiger partial charge in [0.1, 0.15) is 5.52 Å². The zero-order valence-electron chi connectivity index (χ0n) is 10.8. The molecule has 0 fully saturated rings. The lowest BCUT2D eigenvalue weighted by Crippen LogP contribution is -2.14. The van der Waals surface area contributed by atoms with E-state index in [2.05, 4.69) is 10.1 Å². The summed E-state index contributed by atoms with van der Waals surface area (Å²) in [5.41, 5.74) is 7.63. The summed E-state index contributed by atoms with van der Waals surface area (Å²) in [4.78, 5) is 4.14. The van der Waals surface area contributed by atoms with Crippen LogP contribution in [0.3, 0.4) is 0 Å². The summed E-state index contributed by atoms with van der Waals surface area (Å²) in [6.07, 6.45) is -3.53. The molecule has 2 heterocycles. The number of alkyl halides is 3. The lowest BCUT2D eigenvalue weighted by atomic mass is 10.2. The summed E-state index contributed by atoms with van der Waals surface area (Å²) in [5, 5.41) is 4.28. The zero-order valence-corrected chi connectivity index (χ0v) is 10.8. The van der Waals surface area contributed by atoms with Crippen LogP contribution < -0.4 is 5.73 Å². The Morgan fingerprint density at radius 2 is 2.00 bits per heavy atom. The van der Waals surface area contributed by atoms with E-state index in [0.717, 1.165) is 18.5 Å². The van der Waals surface area contributed by atoms with Crippen LogP contribution in [0.25, 0.3) is 11.2 Å². The number of nitrogen functional groups attached to an aromatic ring is 1. The fraction of sp³-hybridized carbons (Fsp3) is 0.636. The third-order valence-electron chi connectivity index (χ3n) is 2.93. The molecule has 0 radical (unpaired) electrons. The Morgan fingerprint density at radius 3 is 2.58 bits per heavy atom. The molecule has 2 aromatic rings. The van der Waals surface area contributed by atoms with Crippen molar-refractivity contribution in [2.75, 3.05) is 5.73 Å². The number of aryl methyl sites for hydroxylation is 3. The molecule has 0 aliphatic rings. The molecule has 2 rings (SSSR count). The van der Waals surface area contributed by atoms with Gasteiger partial charge in [-0.15, -0.1) is 0 Å². The van der Waals surface area contributed by atoms with Gasteiger partial charge in [0, 0.05) is 13.6 Å². The van der Waals surface area contributed by atoms with Crippen molar-refractivity contribution in [3.05, 3.63) is 5.69 Å². The van der Waals surface area contributed by atoms with Crippen LogP contribution >= 0.6 is 0 Å². The number of fused-ring (bicyclic) bond motifs is 1. The maximum atomic E-state index is 12.3. The van der Waals surface area contributed by atoms with Crippen molar-refractivity contribution >= 4 is 17.1 Å². The summed E-state index contributed by atoms with van der Waals surface area (Å²) < 4.78 is 39.8. The molecule has 2 aromatic heterocycles. The molecular formula is C11H16F3N5. The van der Waals surface area contributed by atoms with Gasteiger partial charge in [0.2, 0.25) is 5.95 Å². The van der Waals surface area contributed by atoms with Crippen LogP contribution in [0, 0.1) is 0 Å². The molecule has 5 nitrogen and oxygen atoms in total. The Bertz CT molecular complexity index is 581. The van der Waals surface area contributed by atoms with E-state index in [1.165, 1.54) is 4.57 Å². The second kappa shape index (κ2) is 4.75. The van der Waals surface area contributed by atoms with E-state index >= 15 is 0 Å². The third-order valence-corrected chi connectivity index (χ3v) is 2.93. The maximum absolute atomic E-state index is 12.3. The smallest absolute Gasteiger partial charge is 0.369 e. The van der Waals surface area contributed by atoms with Gasteiger partial charge in [-0.1, -0.05) is 13.3 Å². The molecule has 0 amide bonds. The third kappa shape index (κ3) is 2.66. The van der Waals surface area contributed by atoms with E-state index in [-0.39, 0.29) is 12.5 Å². The van der Waals surface area contributed by atoms with E-state index in [0.29, 0.717) is 11.2 Å². The average molecular weight is 275 g/mol. The summed E-state index contributed by atoms with van der Waals surface area (Å²) in [6.45, 7) is 1.77. The van der Waals surface area contributed by atoms with E-state index in [1.807, 2.05) is 6.92 Å². The molecule has 0 aliphatic heterocycles. The normalized spacial score (nSPS) is 12.5.